The number of carbonyl (C=O) groups is 2. The van der Waals surface area contributed by atoms with E-state index in [1.807, 2.05) is 0 Å². The van der Waals surface area contributed by atoms with Crippen LogP contribution in [0.2, 0.25) is 0 Å². The van der Waals surface area contributed by atoms with Gasteiger partial charge in [0, 0.05) is 23.7 Å². The van der Waals surface area contributed by atoms with E-state index in [0.29, 0.717) is 29.3 Å². The number of hydrogen-bond donors (Lipinski definition) is 0. The van der Waals surface area contributed by atoms with Crippen molar-refractivity contribution in [1.29, 1.82) is 0 Å². The molecule has 21 heavy (non-hydrogen) atoms. The summed E-state index contributed by atoms with van der Waals surface area (Å²) in [6.45, 7) is 4.64. The fourth-order valence-corrected chi connectivity index (χ4v) is 7.78. The molecule has 0 heterocycles. The number of fused-ring (bicyclic) bond motifs is 4. The summed E-state index contributed by atoms with van der Waals surface area (Å²) in [5.74, 6) is 3.51. The third-order valence-electron chi connectivity index (χ3n) is 9.02. The van der Waals surface area contributed by atoms with Crippen LogP contribution in [-0.2, 0) is 9.59 Å². The van der Waals surface area contributed by atoms with Crippen LogP contribution in [0.15, 0.2) is 0 Å². The molecule has 0 bridgehead atoms. The largest absolute Gasteiger partial charge is 0.299 e. The molecule has 5 saturated carbocycles. The van der Waals surface area contributed by atoms with Gasteiger partial charge in [-0.05, 0) is 67.6 Å². The van der Waals surface area contributed by atoms with Crippen LogP contribution in [0.5, 0.6) is 0 Å². The lowest BCUT2D eigenvalue weighted by molar-refractivity contribution is -0.153. The van der Waals surface area contributed by atoms with Crippen molar-refractivity contribution in [1.82, 2.24) is 0 Å². The summed E-state index contributed by atoms with van der Waals surface area (Å²) in [5.41, 5.74) is 0.263. The molecule has 0 saturated heterocycles. The second kappa shape index (κ2) is 3.46. The maximum Gasteiger partial charge on any atom is 0.140 e. The molecular formula is C19H26O2. The Morgan fingerprint density at radius 1 is 0.952 bits per heavy atom. The first kappa shape index (κ1) is 12.8. The van der Waals surface area contributed by atoms with Gasteiger partial charge < -0.3 is 0 Å². The topological polar surface area (TPSA) is 34.1 Å². The van der Waals surface area contributed by atoms with Crippen LogP contribution in [0.4, 0.5) is 0 Å². The van der Waals surface area contributed by atoms with Gasteiger partial charge >= 0.3 is 0 Å². The molecule has 0 N–H and O–H groups in total. The first-order valence-corrected chi connectivity index (χ1v) is 9.00. The average Bonchev–Trinajstić information content (AvgIpc) is 3.01. The average molecular weight is 286 g/mol. The monoisotopic (exact) mass is 286 g/mol. The summed E-state index contributed by atoms with van der Waals surface area (Å²) in [6.07, 6.45) is 8.63. The highest BCUT2D eigenvalue weighted by atomic mass is 16.1. The number of ketones is 2. The van der Waals surface area contributed by atoms with Crippen LogP contribution in [-0.4, -0.2) is 11.6 Å². The molecule has 0 aromatic carbocycles. The molecular weight excluding hydrogens is 260 g/mol. The van der Waals surface area contributed by atoms with Crippen LogP contribution in [0.25, 0.3) is 0 Å². The van der Waals surface area contributed by atoms with E-state index in [0.717, 1.165) is 31.6 Å². The summed E-state index contributed by atoms with van der Waals surface area (Å²) < 4.78 is 0. The third kappa shape index (κ3) is 1.18. The quantitative estimate of drug-likeness (QED) is 0.679. The van der Waals surface area contributed by atoms with Crippen molar-refractivity contribution in [3.63, 3.8) is 0 Å². The first-order chi connectivity index (χ1) is 9.93. The van der Waals surface area contributed by atoms with Crippen LogP contribution in [0.3, 0.4) is 0 Å². The van der Waals surface area contributed by atoms with Crippen LogP contribution in [0.1, 0.15) is 65.2 Å². The van der Waals surface area contributed by atoms with E-state index in [1.54, 1.807) is 0 Å². The smallest absolute Gasteiger partial charge is 0.140 e. The summed E-state index contributed by atoms with van der Waals surface area (Å²) >= 11 is 0. The van der Waals surface area contributed by atoms with Gasteiger partial charge in [0.1, 0.15) is 11.6 Å². The Kier molecular flexibility index (Phi) is 2.12. The van der Waals surface area contributed by atoms with Gasteiger partial charge in [0.25, 0.3) is 0 Å². The first-order valence-electron chi connectivity index (χ1n) is 9.00. The molecule has 0 amide bonds. The van der Waals surface area contributed by atoms with Gasteiger partial charge in [-0.3, -0.25) is 9.59 Å². The zero-order chi connectivity index (χ0) is 14.6. The molecule has 0 aromatic rings. The van der Waals surface area contributed by atoms with E-state index < -0.39 is 0 Å². The van der Waals surface area contributed by atoms with Crippen LogP contribution >= 0.6 is 0 Å². The molecule has 0 radical (unpaired) electrons. The highest BCUT2D eigenvalue weighted by molar-refractivity contribution is 5.92. The molecule has 0 unspecified atom stereocenters. The molecule has 0 aromatic heterocycles. The normalized spacial score (nSPS) is 61.0. The molecule has 5 fully saturated rings. The summed E-state index contributed by atoms with van der Waals surface area (Å²) in [5, 5.41) is 0. The molecule has 2 nitrogen and oxygen atoms in total. The second-order valence-corrected chi connectivity index (χ2v) is 9.25. The van der Waals surface area contributed by atoms with Crippen LogP contribution < -0.4 is 0 Å². The van der Waals surface area contributed by atoms with E-state index in [-0.39, 0.29) is 16.2 Å². The molecule has 2 heteroatoms. The number of Topliss-reactive ketones (excluding diaryl/α,β-unsaturated/α-hetero) is 2. The van der Waals surface area contributed by atoms with E-state index in [2.05, 4.69) is 13.8 Å². The zero-order valence-corrected chi connectivity index (χ0v) is 13.3. The SMILES string of the molecule is C[C@@]12CC[C@@H]3C[C@@]31C(=O)C[C@H]1[C@H]2CC[C@]2(C)C(=O)CC[C@@H]12. The lowest BCUT2D eigenvalue weighted by Crippen LogP contribution is -2.55. The minimum Gasteiger partial charge on any atom is -0.299 e. The molecule has 5 aliphatic carbocycles. The Labute approximate surface area is 127 Å². The third-order valence-corrected chi connectivity index (χ3v) is 9.02. The Morgan fingerprint density at radius 2 is 1.76 bits per heavy atom. The van der Waals surface area contributed by atoms with Gasteiger partial charge in [-0.2, -0.15) is 0 Å². The molecule has 1 spiro atoms. The number of rotatable bonds is 0. The van der Waals surface area contributed by atoms with Gasteiger partial charge in [0.05, 0.1) is 0 Å². The molecule has 5 rings (SSSR count). The Balaban J connectivity index is 1.58. The Bertz CT molecular complexity index is 566. The van der Waals surface area contributed by atoms with Crippen molar-refractivity contribution < 1.29 is 9.59 Å². The maximum absolute atomic E-state index is 13.0. The minimum atomic E-state index is -0.0934. The van der Waals surface area contributed by atoms with Crippen molar-refractivity contribution in [3.05, 3.63) is 0 Å². The lowest BCUT2D eigenvalue weighted by Gasteiger charge is -2.56. The Morgan fingerprint density at radius 3 is 2.52 bits per heavy atom. The van der Waals surface area contributed by atoms with Gasteiger partial charge in [-0.15, -0.1) is 0 Å². The van der Waals surface area contributed by atoms with Gasteiger partial charge in [0.15, 0.2) is 0 Å². The van der Waals surface area contributed by atoms with Crippen LogP contribution in [0, 0.1) is 39.9 Å². The molecule has 0 aliphatic heterocycles. The highest BCUT2D eigenvalue weighted by Gasteiger charge is 2.77. The van der Waals surface area contributed by atoms with E-state index >= 15 is 0 Å². The van der Waals surface area contributed by atoms with E-state index in [1.165, 1.54) is 25.7 Å². The number of carbonyl (C=O) groups excluding carboxylic acids is 2. The fraction of sp³-hybridized carbons (Fsp3) is 0.895. The van der Waals surface area contributed by atoms with Gasteiger partial charge in [-0.1, -0.05) is 13.8 Å². The van der Waals surface area contributed by atoms with Crippen molar-refractivity contribution in [2.75, 3.05) is 0 Å². The predicted octanol–water partition coefficient (Wildman–Crippen LogP) is 3.78. The van der Waals surface area contributed by atoms with Gasteiger partial charge in [-0.25, -0.2) is 0 Å². The second-order valence-electron chi connectivity index (χ2n) is 9.25. The van der Waals surface area contributed by atoms with E-state index in [4.69, 9.17) is 0 Å². The molecule has 5 aliphatic rings. The summed E-state index contributed by atoms with van der Waals surface area (Å²) in [4.78, 5) is 25.4. The van der Waals surface area contributed by atoms with Crippen molar-refractivity contribution >= 4 is 11.6 Å². The van der Waals surface area contributed by atoms with Crippen molar-refractivity contribution in [3.8, 4) is 0 Å². The van der Waals surface area contributed by atoms with E-state index in [9.17, 15) is 9.59 Å². The lowest BCUT2D eigenvalue weighted by atomic mass is 9.46. The van der Waals surface area contributed by atoms with Crippen molar-refractivity contribution in [2.45, 2.75) is 65.2 Å². The summed E-state index contributed by atoms with van der Waals surface area (Å²) in [6, 6.07) is 0. The Hall–Kier alpha value is -0.660. The minimum absolute atomic E-state index is 0.0878. The maximum atomic E-state index is 13.0. The van der Waals surface area contributed by atoms with Crippen molar-refractivity contribution in [2.24, 2.45) is 39.9 Å². The standard InChI is InChI=1S/C19H26O2/c1-17-7-6-14-12(13(17)3-4-15(17)20)9-16(21)19-10-11(19)5-8-18(14,19)2/h11-14H,3-10H2,1-2H3/t11-,12-,13+,14-,17+,18+,19+/m1/s1. The molecule has 7 atom stereocenters. The molecule has 114 valence electrons. The highest BCUT2D eigenvalue weighted by Crippen LogP contribution is 2.80. The summed E-state index contributed by atoms with van der Waals surface area (Å²) in [7, 11) is 0. The zero-order valence-electron chi connectivity index (χ0n) is 13.3. The fourth-order valence-electron chi connectivity index (χ4n) is 7.78. The van der Waals surface area contributed by atoms with Gasteiger partial charge in [0.2, 0.25) is 0 Å². The number of hydrogen-bond acceptors (Lipinski definition) is 2. The predicted molar refractivity (Wildman–Crippen MR) is 79.6 cm³/mol.